The van der Waals surface area contributed by atoms with Crippen LogP contribution in [0.15, 0.2) is 36.5 Å². The lowest BCUT2D eigenvalue weighted by atomic mass is 10.1. The first kappa shape index (κ1) is 16.2. The summed E-state index contributed by atoms with van der Waals surface area (Å²) in [5.74, 6) is 0.933. The van der Waals surface area contributed by atoms with Crippen LogP contribution in [0.3, 0.4) is 0 Å². The van der Waals surface area contributed by atoms with E-state index >= 15 is 0 Å². The zero-order valence-corrected chi connectivity index (χ0v) is 14.1. The molecule has 2 aliphatic rings. The third kappa shape index (κ3) is 3.55. The number of nitrogens with one attached hydrogen (secondary N) is 1. The van der Waals surface area contributed by atoms with Gasteiger partial charge in [0.05, 0.1) is 12.7 Å². The SMILES string of the molecule is O=C(c1ccc[nH]1)N1CCN(Cc2ccc3c(c2)CCO3)CC(O)C1. The topological polar surface area (TPSA) is 68.8 Å². The number of H-pyrrole nitrogens is 1. The molecule has 0 spiro atoms. The number of fused-ring (bicyclic) bond motifs is 1. The number of carbonyl (C=O) groups excluding carboxylic acids is 1. The summed E-state index contributed by atoms with van der Waals surface area (Å²) in [6.07, 6.45) is 2.16. The molecule has 1 atom stereocenters. The van der Waals surface area contributed by atoms with E-state index in [0.29, 0.717) is 25.3 Å². The Morgan fingerprint density at radius 2 is 2.20 bits per heavy atom. The summed E-state index contributed by atoms with van der Waals surface area (Å²) in [5, 5.41) is 10.3. The van der Waals surface area contributed by atoms with Crippen LogP contribution in [0.25, 0.3) is 0 Å². The molecule has 1 aromatic carbocycles. The van der Waals surface area contributed by atoms with Crippen LogP contribution in [-0.4, -0.2) is 64.7 Å². The van der Waals surface area contributed by atoms with Crippen LogP contribution in [0.5, 0.6) is 5.75 Å². The van der Waals surface area contributed by atoms with Crippen LogP contribution in [0.4, 0.5) is 0 Å². The van der Waals surface area contributed by atoms with E-state index in [9.17, 15) is 9.90 Å². The van der Waals surface area contributed by atoms with Crippen LogP contribution in [0, 0.1) is 0 Å². The second-order valence-electron chi connectivity index (χ2n) is 6.76. The van der Waals surface area contributed by atoms with Crippen LogP contribution >= 0.6 is 0 Å². The molecule has 1 aromatic heterocycles. The highest BCUT2D eigenvalue weighted by atomic mass is 16.5. The number of hydrogen-bond donors (Lipinski definition) is 2. The molecular formula is C19H23N3O3. The fourth-order valence-electron chi connectivity index (χ4n) is 3.61. The highest BCUT2D eigenvalue weighted by Gasteiger charge is 2.25. The average molecular weight is 341 g/mol. The van der Waals surface area contributed by atoms with Gasteiger partial charge in [0.1, 0.15) is 11.4 Å². The van der Waals surface area contributed by atoms with Crippen molar-refractivity contribution in [3.05, 3.63) is 53.3 Å². The molecule has 0 radical (unpaired) electrons. The van der Waals surface area contributed by atoms with Crippen molar-refractivity contribution in [2.45, 2.75) is 19.1 Å². The first-order chi connectivity index (χ1) is 12.2. The lowest BCUT2D eigenvalue weighted by molar-refractivity contribution is 0.0658. The first-order valence-corrected chi connectivity index (χ1v) is 8.77. The third-order valence-corrected chi connectivity index (χ3v) is 4.86. The van der Waals surface area contributed by atoms with Gasteiger partial charge < -0.3 is 19.7 Å². The normalized spacial score (nSPS) is 20.8. The van der Waals surface area contributed by atoms with Gasteiger partial charge in [0.15, 0.2) is 0 Å². The van der Waals surface area contributed by atoms with Gasteiger partial charge in [-0.1, -0.05) is 12.1 Å². The van der Waals surface area contributed by atoms with Crippen molar-refractivity contribution in [2.24, 2.45) is 0 Å². The van der Waals surface area contributed by atoms with Gasteiger partial charge >= 0.3 is 0 Å². The molecule has 1 fully saturated rings. The number of rotatable bonds is 3. The van der Waals surface area contributed by atoms with Crippen molar-refractivity contribution in [3.63, 3.8) is 0 Å². The molecule has 3 heterocycles. The van der Waals surface area contributed by atoms with E-state index in [1.54, 1.807) is 17.2 Å². The number of aliphatic hydroxyl groups excluding tert-OH is 1. The van der Waals surface area contributed by atoms with Crippen molar-refractivity contribution in [1.29, 1.82) is 0 Å². The minimum atomic E-state index is -0.542. The third-order valence-electron chi connectivity index (χ3n) is 4.86. The Hall–Kier alpha value is -2.31. The van der Waals surface area contributed by atoms with Crippen LogP contribution in [0.2, 0.25) is 0 Å². The zero-order chi connectivity index (χ0) is 17.2. The molecule has 1 unspecified atom stereocenters. The highest BCUT2D eigenvalue weighted by molar-refractivity contribution is 5.92. The summed E-state index contributed by atoms with van der Waals surface area (Å²) in [6.45, 7) is 3.83. The van der Waals surface area contributed by atoms with E-state index in [2.05, 4.69) is 22.0 Å². The summed E-state index contributed by atoms with van der Waals surface area (Å²) < 4.78 is 5.56. The van der Waals surface area contributed by atoms with E-state index in [-0.39, 0.29) is 5.91 Å². The molecule has 2 aliphatic heterocycles. The zero-order valence-electron chi connectivity index (χ0n) is 14.1. The number of β-amino-alcohol motifs (C(OH)–C–C–N with tert-alkyl or cyclic N) is 1. The predicted octanol–water partition coefficient (Wildman–Crippen LogP) is 1.27. The van der Waals surface area contributed by atoms with Gasteiger partial charge in [-0.15, -0.1) is 0 Å². The van der Waals surface area contributed by atoms with Gasteiger partial charge in [-0.3, -0.25) is 9.69 Å². The molecule has 0 saturated carbocycles. The second-order valence-corrected chi connectivity index (χ2v) is 6.76. The quantitative estimate of drug-likeness (QED) is 0.882. The van der Waals surface area contributed by atoms with Gasteiger partial charge in [-0.25, -0.2) is 0 Å². The summed E-state index contributed by atoms with van der Waals surface area (Å²) in [4.78, 5) is 19.4. The fourth-order valence-corrected chi connectivity index (χ4v) is 3.61. The van der Waals surface area contributed by atoms with Crippen molar-refractivity contribution in [3.8, 4) is 5.75 Å². The molecule has 0 aliphatic carbocycles. The van der Waals surface area contributed by atoms with Crippen molar-refractivity contribution >= 4 is 5.91 Å². The van der Waals surface area contributed by atoms with Gasteiger partial charge in [-0.2, -0.15) is 0 Å². The van der Waals surface area contributed by atoms with Crippen molar-refractivity contribution in [2.75, 3.05) is 32.8 Å². The monoisotopic (exact) mass is 341 g/mol. The number of benzene rings is 1. The summed E-state index contributed by atoms with van der Waals surface area (Å²) in [7, 11) is 0. The molecule has 1 saturated heterocycles. The maximum absolute atomic E-state index is 12.5. The smallest absolute Gasteiger partial charge is 0.270 e. The summed E-state index contributed by atoms with van der Waals surface area (Å²) in [6, 6.07) is 9.90. The number of hydrogen-bond acceptors (Lipinski definition) is 4. The lowest BCUT2D eigenvalue weighted by Gasteiger charge is -2.21. The Bertz CT molecular complexity index is 744. The molecule has 1 amide bonds. The van der Waals surface area contributed by atoms with Crippen LogP contribution in [-0.2, 0) is 13.0 Å². The van der Waals surface area contributed by atoms with Crippen LogP contribution < -0.4 is 4.74 Å². The molecular weight excluding hydrogens is 318 g/mol. The Morgan fingerprint density at radius 3 is 3.04 bits per heavy atom. The van der Waals surface area contributed by atoms with Gasteiger partial charge in [-0.05, 0) is 29.3 Å². The summed E-state index contributed by atoms with van der Waals surface area (Å²) in [5.41, 5.74) is 3.05. The molecule has 6 heteroatoms. The number of amides is 1. The number of aliphatic hydroxyl groups is 1. The van der Waals surface area contributed by atoms with E-state index < -0.39 is 6.10 Å². The number of ether oxygens (including phenoxy) is 1. The number of nitrogens with zero attached hydrogens (tertiary/aromatic N) is 2. The Kier molecular flexibility index (Phi) is 4.46. The first-order valence-electron chi connectivity index (χ1n) is 8.77. The lowest BCUT2D eigenvalue weighted by Crippen LogP contribution is -2.37. The maximum atomic E-state index is 12.5. The molecule has 132 valence electrons. The molecule has 6 nitrogen and oxygen atoms in total. The number of carbonyl (C=O) groups is 1. The Morgan fingerprint density at radius 1 is 1.28 bits per heavy atom. The Labute approximate surface area is 147 Å². The van der Waals surface area contributed by atoms with Crippen LogP contribution in [0.1, 0.15) is 21.6 Å². The summed E-state index contributed by atoms with van der Waals surface area (Å²) >= 11 is 0. The molecule has 2 N–H and O–H groups in total. The molecule has 4 rings (SSSR count). The van der Waals surface area contributed by atoms with Crippen molar-refractivity contribution in [1.82, 2.24) is 14.8 Å². The molecule has 25 heavy (non-hydrogen) atoms. The minimum Gasteiger partial charge on any atom is -0.493 e. The average Bonchev–Trinajstić information content (AvgIpc) is 3.25. The van der Waals surface area contributed by atoms with E-state index in [4.69, 9.17) is 4.74 Å². The van der Waals surface area contributed by atoms with E-state index in [1.165, 1.54) is 11.1 Å². The predicted molar refractivity (Wildman–Crippen MR) is 93.6 cm³/mol. The van der Waals surface area contributed by atoms with Gasteiger partial charge in [0.25, 0.3) is 5.91 Å². The second kappa shape index (κ2) is 6.90. The van der Waals surface area contributed by atoms with Gasteiger partial charge in [0.2, 0.25) is 0 Å². The van der Waals surface area contributed by atoms with Crippen molar-refractivity contribution < 1.29 is 14.6 Å². The highest BCUT2D eigenvalue weighted by Crippen LogP contribution is 2.26. The standard InChI is InChI=1S/C19H23N3O3/c23-16-12-21(11-14-3-4-18-15(10-14)5-9-25-18)7-8-22(13-16)19(24)17-2-1-6-20-17/h1-4,6,10,16,20,23H,5,7-9,11-13H2. The number of aromatic amines is 1. The minimum absolute atomic E-state index is 0.0550. The molecule has 0 bridgehead atoms. The Balaban J connectivity index is 1.42. The maximum Gasteiger partial charge on any atom is 0.270 e. The van der Waals surface area contributed by atoms with E-state index in [0.717, 1.165) is 31.9 Å². The number of aromatic nitrogens is 1. The fraction of sp³-hybridized carbons (Fsp3) is 0.421. The van der Waals surface area contributed by atoms with Gasteiger partial charge in [0, 0.05) is 45.3 Å². The molecule has 2 aromatic rings. The van der Waals surface area contributed by atoms with E-state index in [1.807, 2.05) is 12.1 Å². The largest absolute Gasteiger partial charge is 0.493 e.